The van der Waals surface area contributed by atoms with Crippen LogP contribution >= 0.6 is 0 Å². The molecule has 1 amide bonds. The van der Waals surface area contributed by atoms with Crippen molar-refractivity contribution in [1.29, 1.82) is 0 Å². The molecular formula is C22H28N2O3. The zero-order chi connectivity index (χ0) is 19.2. The maximum absolute atomic E-state index is 12.9. The van der Waals surface area contributed by atoms with Crippen LogP contribution in [0.3, 0.4) is 0 Å². The fraction of sp³-hybridized carbons (Fsp3) is 0.409. The summed E-state index contributed by atoms with van der Waals surface area (Å²) in [5.74, 6) is -0.113. The van der Waals surface area contributed by atoms with Gasteiger partial charge in [-0.1, -0.05) is 42.0 Å². The van der Waals surface area contributed by atoms with Crippen LogP contribution in [0, 0.1) is 6.92 Å². The van der Waals surface area contributed by atoms with E-state index in [1.54, 1.807) is 23.1 Å². The Morgan fingerprint density at radius 3 is 2.67 bits per heavy atom. The molecule has 0 spiro atoms. The number of piperazine rings is 1. The summed E-state index contributed by atoms with van der Waals surface area (Å²) in [6.07, 6.45) is 1.59. The first-order chi connectivity index (χ1) is 13.1. The van der Waals surface area contributed by atoms with E-state index < -0.39 is 0 Å². The molecule has 1 unspecified atom stereocenters. The number of benzene rings is 2. The molecular weight excluding hydrogens is 340 g/mol. The number of carbonyl (C=O) groups is 1. The predicted octanol–water partition coefficient (Wildman–Crippen LogP) is 2.45. The quantitative estimate of drug-likeness (QED) is 0.822. The van der Waals surface area contributed by atoms with Crippen LogP contribution in [0.2, 0.25) is 0 Å². The van der Waals surface area contributed by atoms with Crippen LogP contribution in [0.15, 0.2) is 48.5 Å². The third kappa shape index (κ3) is 4.87. The van der Waals surface area contributed by atoms with E-state index >= 15 is 0 Å². The molecule has 0 radical (unpaired) electrons. The number of aliphatic hydroxyl groups is 1. The number of hydrogen-bond acceptors (Lipinski definition) is 4. The van der Waals surface area contributed by atoms with Crippen molar-refractivity contribution in [3.05, 3.63) is 65.2 Å². The molecule has 1 heterocycles. The van der Waals surface area contributed by atoms with Gasteiger partial charge in [0.1, 0.15) is 5.75 Å². The van der Waals surface area contributed by atoms with Crippen LogP contribution < -0.4 is 0 Å². The molecule has 27 heavy (non-hydrogen) atoms. The van der Waals surface area contributed by atoms with Gasteiger partial charge in [-0.05, 0) is 37.5 Å². The van der Waals surface area contributed by atoms with Gasteiger partial charge >= 0.3 is 0 Å². The molecule has 3 rings (SSSR count). The molecule has 5 heteroatoms. The molecule has 1 atom stereocenters. The number of nitrogens with zero attached hydrogens (tertiary/aromatic N) is 2. The Bertz CT molecular complexity index is 763. The summed E-state index contributed by atoms with van der Waals surface area (Å²) in [4.78, 5) is 17.1. The van der Waals surface area contributed by atoms with E-state index in [4.69, 9.17) is 0 Å². The highest BCUT2D eigenvalue weighted by Crippen LogP contribution is 2.22. The molecule has 0 aliphatic carbocycles. The summed E-state index contributed by atoms with van der Waals surface area (Å²) in [6, 6.07) is 15.6. The largest absolute Gasteiger partial charge is 0.507 e. The molecule has 2 aromatic carbocycles. The van der Waals surface area contributed by atoms with E-state index in [1.807, 2.05) is 25.1 Å². The number of aryl methyl sites for hydroxylation is 1. The van der Waals surface area contributed by atoms with Crippen molar-refractivity contribution in [3.63, 3.8) is 0 Å². The van der Waals surface area contributed by atoms with Gasteiger partial charge in [0.05, 0.1) is 5.56 Å². The molecule has 1 aliphatic rings. The SMILES string of the molecule is Cc1ccc(O)c(C(=O)N2CCN(CCc3ccccc3)C(CCO)C2)c1. The number of hydrogen-bond donors (Lipinski definition) is 2. The third-order valence-electron chi connectivity index (χ3n) is 5.27. The van der Waals surface area contributed by atoms with E-state index in [-0.39, 0.29) is 24.3 Å². The molecule has 0 saturated carbocycles. The van der Waals surface area contributed by atoms with E-state index in [0.717, 1.165) is 25.1 Å². The normalized spacial score (nSPS) is 17.9. The summed E-state index contributed by atoms with van der Waals surface area (Å²) in [7, 11) is 0. The maximum Gasteiger partial charge on any atom is 0.257 e. The van der Waals surface area contributed by atoms with Gasteiger partial charge in [-0.25, -0.2) is 0 Å². The van der Waals surface area contributed by atoms with Gasteiger partial charge in [0.2, 0.25) is 0 Å². The molecule has 1 aliphatic heterocycles. The van der Waals surface area contributed by atoms with E-state index in [2.05, 4.69) is 17.0 Å². The van der Waals surface area contributed by atoms with Crippen molar-refractivity contribution in [2.45, 2.75) is 25.8 Å². The lowest BCUT2D eigenvalue weighted by Crippen LogP contribution is -2.55. The topological polar surface area (TPSA) is 64.0 Å². The smallest absolute Gasteiger partial charge is 0.257 e. The van der Waals surface area contributed by atoms with Crippen molar-refractivity contribution in [3.8, 4) is 5.75 Å². The van der Waals surface area contributed by atoms with Crippen LogP contribution in [-0.4, -0.2) is 64.7 Å². The van der Waals surface area contributed by atoms with Crippen LogP contribution in [0.4, 0.5) is 0 Å². The minimum Gasteiger partial charge on any atom is -0.507 e. The van der Waals surface area contributed by atoms with Gasteiger partial charge in [-0.2, -0.15) is 0 Å². The lowest BCUT2D eigenvalue weighted by Gasteiger charge is -2.41. The Balaban J connectivity index is 1.66. The number of amides is 1. The van der Waals surface area contributed by atoms with E-state index in [9.17, 15) is 15.0 Å². The van der Waals surface area contributed by atoms with Gasteiger partial charge in [0.25, 0.3) is 5.91 Å². The average molecular weight is 368 g/mol. The molecule has 5 nitrogen and oxygen atoms in total. The van der Waals surface area contributed by atoms with Crippen LogP contribution in [0.1, 0.15) is 27.9 Å². The molecule has 144 valence electrons. The van der Waals surface area contributed by atoms with Crippen LogP contribution in [0.25, 0.3) is 0 Å². The predicted molar refractivity (Wildman–Crippen MR) is 106 cm³/mol. The number of carbonyl (C=O) groups excluding carboxylic acids is 1. The first kappa shape index (κ1) is 19.4. The summed E-state index contributed by atoms with van der Waals surface area (Å²) in [5.41, 5.74) is 2.60. The van der Waals surface area contributed by atoms with Crippen LogP contribution in [-0.2, 0) is 6.42 Å². The van der Waals surface area contributed by atoms with Gasteiger partial charge < -0.3 is 15.1 Å². The third-order valence-corrected chi connectivity index (χ3v) is 5.27. The Labute approximate surface area is 160 Å². The Morgan fingerprint density at radius 1 is 1.15 bits per heavy atom. The number of phenols is 1. The van der Waals surface area contributed by atoms with Gasteiger partial charge in [-0.3, -0.25) is 9.69 Å². The summed E-state index contributed by atoms with van der Waals surface area (Å²) < 4.78 is 0. The van der Waals surface area contributed by atoms with Crippen molar-refractivity contribution in [2.75, 3.05) is 32.8 Å². The Hall–Kier alpha value is -2.37. The first-order valence-electron chi connectivity index (χ1n) is 9.56. The van der Waals surface area contributed by atoms with Gasteiger partial charge in [0, 0.05) is 38.8 Å². The fourth-order valence-electron chi connectivity index (χ4n) is 3.70. The zero-order valence-corrected chi connectivity index (χ0v) is 15.8. The second-order valence-electron chi connectivity index (χ2n) is 7.21. The van der Waals surface area contributed by atoms with Crippen LogP contribution in [0.5, 0.6) is 5.75 Å². The number of aromatic hydroxyl groups is 1. The molecule has 0 aromatic heterocycles. The monoisotopic (exact) mass is 368 g/mol. The van der Waals surface area contributed by atoms with E-state index in [0.29, 0.717) is 25.1 Å². The standard InChI is InChI=1S/C22H28N2O3/c1-17-7-8-21(26)20(15-17)22(27)24-13-12-23(19(16-24)10-14-25)11-9-18-5-3-2-4-6-18/h2-8,15,19,25-26H,9-14,16H2,1H3. The molecule has 2 N–H and O–H groups in total. The minimum absolute atomic E-state index is 0.0239. The Morgan fingerprint density at radius 2 is 1.93 bits per heavy atom. The number of rotatable bonds is 6. The lowest BCUT2D eigenvalue weighted by molar-refractivity contribution is 0.0423. The van der Waals surface area contributed by atoms with Crippen molar-refractivity contribution < 1.29 is 15.0 Å². The summed E-state index contributed by atoms with van der Waals surface area (Å²) in [5, 5.41) is 19.5. The van der Waals surface area contributed by atoms with Gasteiger partial charge in [-0.15, -0.1) is 0 Å². The second-order valence-corrected chi connectivity index (χ2v) is 7.21. The fourth-order valence-corrected chi connectivity index (χ4v) is 3.70. The molecule has 0 bridgehead atoms. The molecule has 1 fully saturated rings. The van der Waals surface area contributed by atoms with E-state index in [1.165, 1.54) is 5.56 Å². The molecule has 2 aromatic rings. The molecule has 1 saturated heterocycles. The maximum atomic E-state index is 12.9. The first-order valence-corrected chi connectivity index (χ1v) is 9.56. The highest BCUT2D eigenvalue weighted by atomic mass is 16.3. The second kappa shape index (κ2) is 9.02. The summed E-state index contributed by atoms with van der Waals surface area (Å²) in [6.45, 7) is 4.89. The lowest BCUT2D eigenvalue weighted by atomic mass is 10.0. The highest BCUT2D eigenvalue weighted by molar-refractivity contribution is 5.97. The zero-order valence-electron chi connectivity index (χ0n) is 15.8. The number of phenolic OH excluding ortho intramolecular Hbond substituents is 1. The van der Waals surface area contributed by atoms with Crippen molar-refractivity contribution >= 4 is 5.91 Å². The minimum atomic E-state index is -0.137. The van der Waals surface area contributed by atoms with Crippen molar-refractivity contribution in [2.24, 2.45) is 0 Å². The number of aliphatic hydroxyl groups excluding tert-OH is 1. The van der Waals surface area contributed by atoms with Gasteiger partial charge in [0.15, 0.2) is 0 Å². The average Bonchev–Trinajstić information content (AvgIpc) is 2.69. The summed E-state index contributed by atoms with van der Waals surface area (Å²) >= 11 is 0. The Kier molecular flexibility index (Phi) is 6.48. The van der Waals surface area contributed by atoms with Crippen molar-refractivity contribution in [1.82, 2.24) is 9.80 Å². The highest BCUT2D eigenvalue weighted by Gasteiger charge is 2.30.